The van der Waals surface area contributed by atoms with Gasteiger partial charge in [-0.05, 0) is 24.3 Å². The van der Waals surface area contributed by atoms with Gasteiger partial charge in [-0.2, -0.15) is 8.78 Å². The van der Waals surface area contributed by atoms with Crippen molar-refractivity contribution in [3.05, 3.63) is 93.4 Å². The fraction of sp³-hybridized carbons (Fsp3) is 0.321. The van der Waals surface area contributed by atoms with Crippen molar-refractivity contribution in [2.45, 2.75) is 25.5 Å². The summed E-state index contributed by atoms with van der Waals surface area (Å²) in [4.78, 5) is 37.0. The van der Waals surface area contributed by atoms with Crippen molar-refractivity contribution in [3.63, 3.8) is 0 Å². The maximum atomic E-state index is 14.4. The third-order valence-corrected chi connectivity index (χ3v) is 6.02. The summed E-state index contributed by atoms with van der Waals surface area (Å²) in [5.41, 5.74) is -0.539. The summed E-state index contributed by atoms with van der Waals surface area (Å²) >= 11 is 0. The highest BCUT2D eigenvalue weighted by molar-refractivity contribution is 5.96. The number of aliphatic hydroxyl groups excluding tert-OH is 1. The van der Waals surface area contributed by atoms with Crippen LogP contribution in [-0.2, 0) is 16.1 Å². The Bertz CT molecular complexity index is 1430. The molecule has 2 amide bonds. The number of amides is 2. The highest BCUT2D eigenvalue weighted by Gasteiger charge is 2.36. The number of rotatable bonds is 7. The first-order valence-electron chi connectivity index (χ1n) is 12.5. The molecule has 0 saturated carbocycles. The number of nitrogens with zero attached hydrogens (tertiary/aromatic N) is 2. The van der Waals surface area contributed by atoms with Crippen LogP contribution in [0.4, 0.5) is 32.0 Å². The topological polar surface area (TPSA) is 110 Å². The second kappa shape index (κ2) is 16.3. The number of nitrogens with one attached hydrogen (secondary N) is 1. The molecule has 2 N–H and O–H groups in total. The molecule has 43 heavy (non-hydrogen) atoms. The molecular formula is C28H29F6N3O6. The molecule has 0 bridgehead atoms. The van der Waals surface area contributed by atoms with Crippen molar-refractivity contribution in [1.82, 2.24) is 9.88 Å². The zero-order chi connectivity index (χ0) is 32.3. The molecular weight excluding hydrogens is 588 g/mol. The second-order valence-electron chi connectivity index (χ2n) is 8.81. The summed E-state index contributed by atoms with van der Waals surface area (Å²) in [5, 5.41) is 9.16. The van der Waals surface area contributed by atoms with E-state index in [4.69, 9.17) is 14.6 Å². The van der Waals surface area contributed by atoms with Crippen LogP contribution in [0.1, 0.15) is 28.3 Å². The summed E-state index contributed by atoms with van der Waals surface area (Å²) in [7, 11) is 4.26. The highest BCUT2D eigenvalue weighted by atomic mass is 19.3. The van der Waals surface area contributed by atoms with Crippen LogP contribution in [0.5, 0.6) is 5.75 Å². The largest absolute Gasteiger partial charge is 0.497 e. The predicted molar refractivity (Wildman–Crippen MR) is 143 cm³/mol. The van der Waals surface area contributed by atoms with Crippen molar-refractivity contribution < 1.29 is 50.5 Å². The molecule has 1 aliphatic heterocycles. The van der Waals surface area contributed by atoms with Crippen LogP contribution in [-0.4, -0.2) is 62.5 Å². The lowest BCUT2D eigenvalue weighted by Crippen LogP contribution is -2.34. The van der Waals surface area contributed by atoms with Crippen LogP contribution in [0.25, 0.3) is 0 Å². The number of methoxy groups -OCH3 is 2. The SMILES string of the molecule is CNC(=O)c1ccc(F)cc1.COCCn1cc(F)cc(N2CC(c3c(F)cc(OC)cc3F)CC2=O)c1=O.OC(F)F. The lowest BCUT2D eigenvalue weighted by molar-refractivity contribution is -0.117. The maximum absolute atomic E-state index is 14.4. The number of halogens is 6. The monoisotopic (exact) mass is 617 g/mol. The number of carbonyl (C=O) groups excluding carboxylic acids is 2. The Morgan fingerprint density at radius 1 is 1.02 bits per heavy atom. The third-order valence-electron chi connectivity index (χ3n) is 6.02. The first-order valence-corrected chi connectivity index (χ1v) is 12.5. The summed E-state index contributed by atoms with van der Waals surface area (Å²) in [6.45, 7) is -3.02. The smallest absolute Gasteiger partial charge is 0.342 e. The van der Waals surface area contributed by atoms with Crippen LogP contribution in [0.3, 0.4) is 0 Å². The summed E-state index contributed by atoms with van der Waals surface area (Å²) in [5.74, 6) is -4.23. The van der Waals surface area contributed by atoms with E-state index in [0.717, 1.165) is 33.9 Å². The van der Waals surface area contributed by atoms with Gasteiger partial charge in [-0.15, -0.1) is 0 Å². The number of carbonyl (C=O) groups is 2. The van der Waals surface area contributed by atoms with E-state index in [9.17, 15) is 40.7 Å². The lowest BCUT2D eigenvalue weighted by atomic mass is 9.97. The van der Waals surface area contributed by atoms with Gasteiger partial charge in [0.05, 0.1) is 13.7 Å². The number of anilines is 1. The highest BCUT2D eigenvalue weighted by Crippen LogP contribution is 2.35. The zero-order valence-corrected chi connectivity index (χ0v) is 23.3. The van der Waals surface area contributed by atoms with Gasteiger partial charge in [-0.25, -0.2) is 17.6 Å². The van der Waals surface area contributed by atoms with Crippen molar-refractivity contribution in [1.29, 1.82) is 0 Å². The Morgan fingerprint density at radius 2 is 1.60 bits per heavy atom. The Labute approximate surface area is 242 Å². The van der Waals surface area contributed by atoms with Crippen molar-refractivity contribution >= 4 is 17.5 Å². The molecule has 2 heterocycles. The zero-order valence-electron chi connectivity index (χ0n) is 23.3. The van der Waals surface area contributed by atoms with Crippen LogP contribution in [0, 0.1) is 23.3 Å². The molecule has 234 valence electrons. The van der Waals surface area contributed by atoms with Gasteiger partial charge in [0.2, 0.25) is 5.91 Å². The van der Waals surface area contributed by atoms with E-state index in [-0.39, 0.29) is 54.8 Å². The minimum Gasteiger partial charge on any atom is -0.497 e. The fourth-order valence-electron chi connectivity index (χ4n) is 4.08. The van der Waals surface area contributed by atoms with Crippen molar-refractivity contribution in [3.8, 4) is 5.75 Å². The molecule has 1 aromatic heterocycles. The number of ether oxygens (including phenoxy) is 2. The Balaban J connectivity index is 0.000000355. The van der Waals surface area contributed by atoms with Crippen molar-refractivity contribution in [2.75, 3.05) is 39.3 Å². The molecule has 4 rings (SSSR count). The predicted octanol–water partition coefficient (Wildman–Crippen LogP) is 3.83. The quantitative estimate of drug-likeness (QED) is 0.391. The summed E-state index contributed by atoms with van der Waals surface area (Å²) < 4.78 is 85.6. The van der Waals surface area contributed by atoms with Crippen LogP contribution in [0.15, 0.2) is 53.5 Å². The number of benzene rings is 2. The second-order valence-corrected chi connectivity index (χ2v) is 8.81. The van der Waals surface area contributed by atoms with Gasteiger partial charge in [-0.3, -0.25) is 14.4 Å². The van der Waals surface area contributed by atoms with E-state index in [1.54, 1.807) is 0 Å². The molecule has 3 aromatic rings. The van der Waals surface area contributed by atoms with Gasteiger partial charge in [0.1, 0.15) is 34.7 Å². The van der Waals surface area contributed by atoms with Crippen LogP contribution >= 0.6 is 0 Å². The minimum absolute atomic E-state index is 0.0195. The number of aromatic nitrogens is 1. The van der Waals surface area contributed by atoms with E-state index in [1.165, 1.54) is 45.5 Å². The molecule has 0 radical (unpaired) electrons. The van der Waals surface area contributed by atoms with Gasteiger partial charge in [-0.1, -0.05) is 0 Å². The molecule has 1 atom stereocenters. The first-order chi connectivity index (χ1) is 20.3. The van der Waals surface area contributed by atoms with Gasteiger partial charge in [0, 0.05) is 75.1 Å². The normalized spacial score (nSPS) is 14.1. The number of pyridine rings is 1. The number of alkyl halides is 2. The van der Waals surface area contributed by atoms with E-state index < -0.39 is 41.4 Å². The third kappa shape index (κ3) is 9.85. The van der Waals surface area contributed by atoms with Crippen molar-refractivity contribution in [2.24, 2.45) is 0 Å². The number of aliphatic hydroxyl groups is 1. The average molecular weight is 618 g/mol. The lowest BCUT2D eigenvalue weighted by Gasteiger charge is -2.18. The Morgan fingerprint density at radius 3 is 2.12 bits per heavy atom. The molecule has 1 fully saturated rings. The molecule has 2 aromatic carbocycles. The molecule has 1 saturated heterocycles. The van der Waals surface area contributed by atoms with E-state index >= 15 is 0 Å². The average Bonchev–Trinajstić information content (AvgIpc) is 3.33. The van der Waals surface area contributed by atoms with Gasteiger partial charge < -0.3 is 29.4 Å². The summed E-state index contributed by atoms with van der Waals surface area (Å²) in [6.07, 6.45) is 0.819. The molecule has 9 nitrogen and oxygen atoms in total. The molecule has 1 aliphatic rings. The molecule has 0 spiro atoms. The minimum atomic E-state index is -3.17. The number of hydrogen-bond donors (Lipinski definition) is 2. The standard InChI is InChI=1S/C19H19F3N2O4.C8H8FNO.CH2F2O/c1-27-4-3-23-10-12(20)6-16(19(23)26)24-9-11(5-17(24)25)18-14(21)7-13(28-2)8-15(18)22;1-10-8(11)6-2-4-7(9)5-3-6;2-1(3)4/h6-8,10-11H,3-5,9H2,1-2H3;2-5H,1H3,(H,10,11);1,4H. The fourth-order valence-corrected chi connectivity index (χ4v) is 4.08. The molecule has 1 unspecified atom stereocenters. The number of hydrogen-bond acceptors (Lipinski definition) is 6. The summed E-state index contributed by atoms with van der Waals surface area (Å²) in [6, 6.07) is 8.40. The maximum Gasteiger partial charge on any atom is 0.342 e. The molecule has 15 heteroatoms. The van der Waals surface area contributed by atoms with E-state index in [2.05, 4.69) is 5.32 Å². The Kier molecular flexibility index (Phi) is 13.2. The van der Waals surface area contributed by atoms with Gasteiger partial charge in [0.25, 0.3) is 11.5 Å². The van der Waals surface area contributed by atoms with Crippen LogP contribution in [0.2, 0.25) is 0 Å². The van der Waals surface area contributed by atoms with E-state index in [0.29, 0.717) is 5.56 Å². The molecule has 0 aliphatic carbocycles. The van der Waals surface area contributed by atoms with Gasteiger partial charge in [0.15, 0.2) is 0 Å². The van der Waals surface area contributed by atoms with E-state index in [1.807, 2.05) is 0 Å². The van der Waals surface area contributed by atoms with Gasteiger partial charge >= 0.3 is 6.61 Å². The van der Waals surface area contributed by atoms with Crippen LogP contribution < -0.4 is 20.5 Å². The Hall–Kier alpha value is -4.37. The first kappa shape index (κ1) is 34.8.